The summed E-state index contributed by atoms with van der Waals surface area (Å²) in [5, 5.41) is 25.1. The number of amides is 3. The summed E-state index contributed by atoms with van der Waals surface area (Å²) in [6.07, 6.45) is 0.743. The maximum Gasteiger partial charge on any atom is 0.407 e. The van der Waals surface area contributed by atoms with Gasteiger partial charge in [-0.1, -0.05) is 60.7 Å². The van der Waals surface area contributed by atoms with Crippen LogP contribution in [0.2, 0.25) is 0 Å². The van der Waals surface area contributed by atoms with Crippen LogP contribution in [0.15, 0.2) is 60.7 Å². The first-order chi connectivity index (χ1) is 20.6. The van der Waals surface area contributed by atoms with Crippen molar-refractivity contribution >= 4 is 29.8 Å². The van der Waals surface area contributed by atoms with Gasteiger partial charge in [0.15, 0.2) is 0 Å². The molecule has 0 bridgehead atoms. The van der Waals surface area contributed by atoms with Crippen LogP contribution in [0.4, 0.5) is 4.79 Å². The zero-order chi connectivity index (χ0) is 30.9. The summed E-state index contributed by atoms with van der Waals surface area (Å²) in [6.45, 7) is 1.76. The first-order valence-corrected chi connectivity index (χ1v) is 14.4. The van der Waals surface area contributed by atoms with Crippen LogP contribution in [-0.2, 0) is 36.9 Å². The monoisotopic (exact) mass is 594 g/mol. The van der Waals surface area contributed by atoms with Crippen LogP contribution in [0.25, 0.3) is 0 Å². The molecule has 5 atom stereocenters. The van der Waals surface area contributed by atoms with E-state index in [2.05, 4.69) is 10.6 Å². The Morgan fingerprint density at radius 1 is 0.977 bits per heavy atom. The van der Waals surface area contributed by atoms with Crippen LogP contribution in [-0.4, -0.2) is 93.7 Å². The van der Waals surface area contributed by atoms with Crippen molar-refractivity contribution in [1.82, 2.24) is 20.4 Å². The van der Waals surface area contributed by atoms with Crippen molar-refractivity contribution in [3.8, 4) is 0 Å². The average Bonchev–Trinajstić information content (AvgIpc) is 3.40. The van der Waals surface area contributed by atoms with Crippen LogP contribution in [0.5, 0.6) is 0 Å². The molecule has 4 N–H and O–H groups in total. The Morgan fingerprint density at radius 2 is 1.63 bits per heavy atom. The van der Waals surface area contributed by atoms with Gasteiger partial charge in [0.25, 0.3) is 0 Å². The number of carbonyl (C=O) groups excluding carboxylic acids is 3. The lowest BCUT2D eigenvalue weighted by Gasteiger charge is -2.40. The van der Waals surface area contributed by atoms with Gasteiger partial charge in [0.2, 0.25) is 11.8 Å². The van der Waals surface area contributed by atoms with Crippen LogP contribution in [0, 0.1) is 5.92 Å². The highest BCUT2D eigenvalue weighted by atomic mass is 16.5. The first-order valence-electron chi connectivity index (χ1n) is 14.4. The predicted molar refractivity (Wildman–Crippen MR) is 155 cm³/mol. The first kappa shape index (κ1) is 31.5. The fraction of sp³-hybridized carbons (Fsp3) is 0.452. The molecule has 4 rings (SSSR count). The predicted octanol–water partition coefficient (Wildman–Crippen LogP) is 1.88. The molecule has 12 heteroatoms. The molecule has 43 heavy (non-hydrogen) atoms. The molecule has 230 valence electrons. The highest BCUT2D eigenvalue weighted by Crippen LogP contribution is 2.36. The number of fused-ring (bicyclic) bond motifs is 1. The number of hydrogen-bond acceptors (Lipinski definition) is 7. The second kappa shape index (κ2) is 14.6. The van der Waals surface area contributed by atoms with Gasteiger partial charge in [0.05, 0.1) is 12.1 Å². The van der Waals surface area contributed by atoms with Gasteiger partial charge in [0, 0.05) is 13.1 Å². The number of rotatable bonds is 12. The molecule has 2 aliphatic heterocycles. The largest absolute Gasteiger partial charge is 0.480 e. The van der Waals surface area contributed by atoms with Crippen molar-refractivity contribution in [2.45, 2.75) is 63.4 Å². The number of aliphatic carboxylic acids is 2. The van der Waals surface area contributed by atoms with Crippen LogP contribution in [0.3, 0.4) is 0 Å². The Morgan fingerprint density at radius 3 is 2.26 bits per heavy atom. The fourth-order valence-electron chi connectivity index (χ4n) is 5.83. The molecular weight excluding hydrogens is 556 g/mol. The molecule has 0 radical (unpaired) electrons. The summed E-state index contributed by atoms with van der Waals surface area (Å²) < 4.78 is 5.15. The summed E-state index contributed by atoms with van der Waals surface area (Å²) in [5.74, 6) is -3.27. The van der Waals surface area contributed by atoms with Gasteiger partial charge in [-0.3, -0.25) is 19.7 Å². The normalized spacial score (nSPS) is 20.9. The quantitative estimate of drug-likeness (QED) is 0.287. The van der Waals surface area contributed by atoms with E-state index in [0.717, 1.165) is 11.1 Å². The second-order valence-electron chi connectivity index (χ2n) is 11.0. The van der Waals surface area contributed by atoms with Crippen molar-refractivity contribution < 1.29 is 38.9 Å². The van der Waals surface area contributed by atoms with Gasteiger partial charge in [-0.25, -0.2) is 9.59 Å². The van der Waals surface area contributed by atoms with Crippen molar-refractivity contribution in [2.75, 3.05) is 19.6 Å². The number of carboxylic acids is 2. The third kappa shape index (κ3) is 8.31. The van der Waals surface area contributed by atoms with Gasteiger partial charge >= 0.3 is 18.0 Å². The van der Waals surface area contributed by atoms with Crippen LogP contribution >= 0.6 is 0 Å². The Balaban J connectivity index is 1.35. The molecule has 0 unspecified atom stereocenters. The number of ether oxygens (including phenoxy) is 1. The minimum atomic E-state index is -1.14. The van der Waals surface area contributed by atoms with Crippen molar-refractivity contribution in [2.24, 2.45) is 5.92 Å². The van der Waals surface area contributed by atoms with Gasteiger partial charge in [-0.15, -0.1) is 0 Å². The van der Waals surface area contributed by atoms with Crippen molar-refractivity contribution in [3.05, 3.63) is 71.8 Å². The number of carboxylic acid groups (broad SMARTS) is 2. The molecule has 0 aliphatic carbocycles. The Kier molecular flexibility index (Phi) is 10.7. The molecule has 12 nitrogen and oxygen atoms in total. The van der Waals surface area contributed by atoms with E-state index in [0.29, 0.717) is 19.4 Å². The second-order valence-corrected chi connectivity index (χ2v) is 11.0. The van der Waals surface area contributed by atoms with E-state index in [1.807, 2.05) is 60.7 Å². The topological polar surface area (TPSA) is 166 Å². The fourth-order valence-corrected chi connectivity index (χ4v) is 5.83. The number of likely N-dealkylation sites (tertiary alicyclic amines) is 2. The number of aryl methyl sites for hydroxylation is 1. The number of piperidine rings is 1. The minimum Gasteiger partial charge on any atom is -0.480 e. The highest BCUT2D eigenvalue weighted by Gasteiger charge is 2.50. The van der Waals surface area contributed by atoms with Gasteiger partial charge in [-0.2, -0.15) is 0 Å². The lowest BCUT2D eigenvalue weighted by Crippen LogP contribution is -2.59. The average molecular weight is 595 g/mol. The summed E-state index contributed by atoms with van der Waals surface area (Å²) in [6, 6.07) is 14.9. The molecule has 2 aromatic carbocycles. The Bertz CT molecular complexity index is 1290. The van der Waals surface area contributed by atoms with Crippen molar-refractivity contribution in [1.29, 1.82) is 0 Å². The zero-order valence-corrected chi connectivity index (χ0v) is 24.1. The molecule has 2 aromatic rings. The lowest BCUT2D eigenvalue weighted by atomic mass is 9.91. The minimum absolute atomic E-state index is 0.0587. The van der Waals surface area contributed by atoms with Gasteiger partial charge in [-0.05, 0) is 49.7 Å². The number of alkyl carbamates (subject to hydrolysis) is 1. The summed E-state index contributed by atoms with van der Waals surface area (Å²) in [4.78, 5) is 65.7. The smallest absolute Gasteiger partial charge is 0.407 e. The molecule has 2 aliphatic rings. The number of benzene rings is 2. The number of carbonyl (C=O) groups is 5. The summed E-state index contributed by atoms with van der Waals surface area (Å²) >= 11 is 0. The van der Waals surface area contributed by atoms with Gasteiger partial charge in [0.1, 0.15) is 25.2 Å². The molecule has 0 spiro atoms. The molecular formula is C31H38N4O8. The van der Waals surface area contributed by atoms with E-state index in [4.69, 9.17) is 4.74 Å². The molecule has 2 fully saturated rings. The van der Waals surface area contributed by atoms with E-state index in [1.165, 1.54) is 16.7 Å². The Hall–Kier alpha value is -4.45. The van der Waals surface area contributed by atoms with Crippen molar-refractivity contribution in [3.63, 3.8) is 0 Å². The lowest BCUT2D eigenvalue weighted by molar-refractivity contribution is -0.152. The molecule has 2 saturated heterocycles. The number of hydrogen-bond donors (Lipinski definition) is 4. The molecule has 2 heterocycles. The standard InChI is InChI=1S/C31H38N4O8/c1-20(33-24(29(38)39)13-12-21-8-4-2-5-9-21)28(37)35-25(30(40)41)16-23-14-15-34(18-26(23)35)27(36)17-32-31(42)43-19-22-10-6-3-7-11-22/h2-11,20,23-26,33H,12-19H2,1H3,(H,32,42)(H,38,39)(H,40,41)/t20-,23+,24+,25-,26+/m0/s1. The number of nitrogens with one attached hydrogen (secondary N) is 2. The summed E-state index contributed by atoms with van der Waals surface area (Å²) in [7, 11) is 0. The molecule has 0 saturated carbocycles. The van der Waals surface area contributed by atoms with E-state index >= 15 is 0 Å². The van der Waals surface area contributed by atoms with Crippen LogP contribution < -0.4 is 10.6 Å². The number of nitrogens with zero attached hydrogens (tertiary/aromatic N) is 2. The Labute approximate surface area is 250 Å². The maximum atomic E-state index is 13.7. The SMILES string of the molecule is C[C@H](N[C@H](CCc1ccccc1)C(=O)O)C(=O)N1[C@@H]2CN(C(=O)CNC(=O)OCc3ccccc3)CC[C@@H]2C[C@H]1C(=O)O. The van der Waals surface area contributed by atoms with E-state index in [-0.39, 0.29) is 44.4 Å². The van der Waals surface area contributed by atoms with E-state index in [9.17, 15) is 34.2 Å². The highest BCUT2D eigenvalue weighted by molar-refractivity contribution is 5.89. The molecule has 3 amide bonds. The zero-order valence-electron chi connectivity index (χ0n) is 24.1. The van der Waals surface area contributed by atoms with E-state index in [1.54, 1.807) is 0 Å². The van der Waals surface area contributed by atoms with E-state index < -0.39 is 48.1 Å². The third-order valence-electron chi connectivity index (χ3n) is 8.11. The summed E-state index contributed by atoms with van der Waals surface area (Å²) in [5.41, 5.74) is 1.77. The molecule has 0 aromatic heterocycles. The van der Waals surface area contributed by atoms with Crippen LogP contribution in [0.1, 0.15) is 37.3 Å². The third-order valence-corrected chi connectivity index (χ3v) is 8.11. The maximum absolute atomic E-state index is 13.7. The van der Waals surface area contributed by atoms with Gasteiger partial charge < -0.3 is 30.1 Å².